The first-order valence-corrected chi connectivity index (χ1v) is 14.5. The molecule has 0 amide bonds. The Bertz CT molecular complexity index is 822. The summed E-state index contributed by atoms with van der Waals surface area (Å²) in [5.74, 6) is 3.38. The molecule has 0 bridgehead atoms. The molecule has 188 valence electrons. The Morgan fingerprint density at radius 1 is 0.909 bits per heavy atom. The monoisotopic (exact) mass is 454 g/mol. The minimum Gasteiger partial charge on any atom is -0.393 e. The Morgan fingerprint density at radius 3 is 2.21 bits per heavy atom. The van der Waals surface area contributed by atoms with Crippen molar-refractivity contribution in [2.45, 2.75) is 132 Å². The van der Waals surface area contributed by atoms with Gasteiger partial charge >= 0.3 is 0 Å². The molecule has 2 spiro atoms. The Kier molecular flexibility index (Phi) is 5.28. The molecule has 5 fully saturated rings. The fourth-order valence-corrected chi connectivity index (χ4v) is 11.3. The van der Waals surface area contributed by atoms with Crippen molar-refractivity contribution in [3.05, 3.63) is 12.2 Å². The van der Waals surface area contributed by atoms with Gasteiger partial charge in [-0.2, -0.15) is 0 Å². The van der Waals surface area contributed by atoms with Crippen LogP contribution in [0, 0.1) is 56.2 Å². The van der Waals surface area contributed by atoms with Gasteiger partial charge in [0.15, 0.2) is 0 Å². The molecule has 33 heavy (non-hydrogen) atoms. The van der Waals surface area contributed by atoms with Gasteiger partial charge in [0.25, 0.3) is 0 Å². The van der Waals surface area contributed by atoms with Gasteiger partial charge in [0, 0.05) is 0 Å². The molecule has 5 aliphatic carbocycles. The van der Waals surface area contributed by atoms with Crippen LogP contribution in [0.1, 0.15) is 126 Å². The lowest BCUT2D eigenvalue weighted by Crippen LogP contribution is -2.57. The maximum Gasteiger partial charge on any atom is 0.0594 e. The molecule has 0 aromatic rings. The normalized spacial score (nSPS) is 51.1. The molecule has 0 aromatic carbocycles. The number of aliphatic hydroxyl groups excluding tert-OH is 1. The van der Waals surface area contributed by atoms with E-state index in [9.17, 15) is 5.11 Å². The largest absolute Gasteiger partial charge is 0.393 e. The summed E-state index contributed by atoms with van der Waals surface area (Å²) in [6.07, 6.45) is 15.0. The Hall–Kier alpha value is -0.300. The van der Waals surface area contributed by atoms with E-state index in [1.165, 1.54) is 69.8 Å². The van der Waals surface area contributed by atoms with Crippen LogP contribution in [0.5, 0.6) is 0 Å². The van der Waals surface area contributed by atoms with Crippen LogP contribution in [0.4, 0.5) is 0 Å². The zero-order chi connectivity index (χ0) is 24.2. The Balaban J connectivity index is 1.38. The highest BCUT2D eigenvalue weighted by molar-refractivity contribution is 5.30. The lowest BCUT2D eigenvalue weighted by molar-refractivity contribution is -0.161. The summed E-state index contributed by atoms with van der Waals surface area (Å²) in [5.41, 5.74) is 3.92. The maximum atomic E-state index is 10.9. The van der Waals surface area contributed by atoms with E-state index in [0.717, 1.165) is 30.1 Å². The van der Waals surface area contributed by atoms with E-state index in [1.54, 1.807) is 0 Å². The third kappa shape index (κ3) is 2.93. The molecule has 0 saturated heterocycles. The highest BCUT2D eigenvalue weighted by Crippen LogP contribution is 2.89. The molecule has 1 N–H and O–H groups in total. The van der Waals surface area contributed by atoms with Crippen LogP contribution >= 0.6 is 0 Å². The lowest BCUT2D eigenvalue weighted by atomic mass is 9.41. The van der Waals surface area contributed by atoms with Crippen LogP contribution < -0.4 is 0 Å². The third-order valence-electron chi connectivity index (χ3n) is 14.2. The molecule has 5 rings (SSSR count). The number of hydrogen-bond donors (Lipinski definition) is 1. The summed E-state index contributed by atoms with van der Waals surface area (Å²) in [7, 11) is 0. The van der Waals surface area contributed by atoms with E-state index < -0.39 is 0 Å². The summed E-state index contributed by atoms with van der Waals surface area (Å²) in [6.45, 7) is 24.1. The van der Waals surface area contributed by atoms with Crippen LogP contribution in [0.15, 0.2) is 12.2 Å². The zero-order valence-electron chi connectivity index (χ0n) is 23.3. The molecule has 0 radical (unpaired) electrons. The van der Waals surface area contributed by atoms with Gasteiger partial charge in [-0.25, -0.2) is 0 Å². The van der Waals surface area contributed by atoms with Crippen LogP contribution in [0.2, 0.25) is 0 Å². The number of fused-ring (bicyclic) bond motifs is 2. The average molecular weight is 455 g/mol. The molecule has 1 nitrogen and oxygen atoms in total. The lowest BCUT2D eigenvalue weighted by Gasteiger charge is -2.63. The van der Waals surface area contributed by atoms with Crippen molar-refractivity contribution >= 4 is 0 Å². The zero-order valence-corrected chi connectivity index (χ0v) is 23.3. The average Bonchev–Trinajstić information content (AvgIpc) is 3.32. The summed E-state index contributed by atoms with van der Waals surface area (Å²) >= 11 is 0. The molecule has 5 aliphatic rings. The molecular weight excluding hydrogens is 400 g/mol. The van der Waals surface area contributed by atoms with Gasteiger partial charge in [0.05, 0.1) is 6.10 Å². The number of hydrogen-bond acceptors (Lipinski definition) is 1. The fraction of sp³-hybridized carbons (Fsp3) is 0.938. The van der Waals surface area contributed by atoms with Gasteiger partial charge in [-0.05, 0) is 134 Å². The van der Waals surface area contributed by atoms with Gasteiger partial charge in [-0.1, -0.05) is 60.6 Å². The molecule has 0 aromatic heterocycles. The van der Waals surface area contributed by atoms with Crippen LogP contribution in [-0.4, -0.2) is 11.2 Å². The van der Waals surface area contributed by atoms with Gasteiger partial charge in [-0.15, -0.1) is 0 Å². The predicted octanol–water partition coefficient (Wildman–Crippen LogP) is 8.81. The van der Waals surface area contributed by atoms with Crippen LogP contribution in [0.25, 0.3) is 0 Å². The van der Waals surface area contributed by atoms with Gasteiger partial charge in [-0.3, -0.25) is 0 Å². The molecule has 0 heterocycles. The third-order valence-corrected chi connectivity index (χ3v) is 14.2. The second kappa shape index (κ2) is 7.14. The highest BCUT2D eigenvalue weighted by Gasteiger charge is 2.82. The summed E-state index contributed by atoms with van der Waals surface area (Å²) in [6, 6.07) is 0. The fourth-order valence-electron chi connectivity index (χ4n) is 11.3. The smallest absolute Gasteiger partial charge is 0.0594 e. The predicted molar refractivity (Wildman–Crippen MR) is 140 cm³/mol. The van der Waals surface area contributed by atoms with E-state index in [2.05, 4.69) is 62.0 Å². The number of aliphatic hydroxyl groups is 1. The van der Waals surface area contributed by atoms with Crippen molar-refractivity contribution in [1.29, 1.82) is 0 Å². The first-order chi connectivity index (χ1) is 15.2. The minimum absolute atomic E-state index is 0.0908. The van der Waals surface area contributed by atoms with Crippen molar-refractivity contribution in [2.24, 2.45) is 56.2 Å². The second-order valence-electron chi connectivity index (χ2n) is 15.7. The first-order valence-electron chi connectivity index (χ1n) is 14.5. The van der Waals surface area contributed by atoms with Crippen molar-refractivity contribution < 1.29 is 5.11 Å². The summed E-state index contributed by atoms with van der Waals surface area (Å²) in [5, 5.41) is 10.9. The molecule has 5 saturated carbocycles. The first kappa shape index (κ1) is 24.4. The molecule has 1 heteroatoms. The number of allylic oxidation sites excluding steroid dienone is 1. The van der Waals surface area contributed by atoms with E-state index >= 15 is 0 Å². The van der Waals surface area contributed by atoms with Crippen molar-refractivity contribution in [1.82, 2.24) is 0 Å². The maximum absolute atomic E-state index is 10.9. The molecule has 0 aliphatic heterocycles. The highest BCUT2D eigenvalue weighted by atomic mass is 16.3. The van der Waals surface area contributed by atoms with Crippen LogP contribution in [0.3, 0.4) is 0 Å². The molecular formula is C32H54O. The number of rotatable bonds is 5. The van der Waals surface area contributed by atoms with E-state index in [-0.39, 0.29) is 16.9 Å². The second-order valence-corrected chi connectivity index (χ2v) is 15.7. The van der Waals surface area contributed by atoms with Gasteiger partial charge in [0.2, 0.25) is 0 Å². The van der Waals surface area contributed by atoms with E-state index in [4.69, 9.17) is 0 Å². The van der Waals surface area contributed by atoms with E-state index in [0.29, 0.717) is 21.7 Å². The Morgan fingerprint density at radius 2 is 1.55 bits per heavy atom. The van der Waals surface area contributed by atoms with Gasteiger partial charge in [0.1, 0.15) is 0 Å². The standard InChI is InChI=1S/C32H54O/c1-21(2)27(4,5)15-12-22(3)23-13-16-30(9)25-11-10-24-28(6,7)26(33)14-17-31(24)20-32(25,31)19-18-29(23,30)8/h22-26,33H,1,10-20H2,2-9H3/t22-,23-,24?,25+,26+,29-,30+,31-,32?/m1/s1. The minimum atomic E-state index is -0.0908. The van der Waals surface area contributed by atoms with Crippen molar-refractivity contribution in [3.8, 4) is 0 Å². The van der Waals surface area contributed by atoms with Gasteiger partial charge < -0.3 is 5.11 Å². The summed E-state index contributed by atoms with van der Waals surface area (Å²) < 4.78 is 0. The Labute approximate surface area is 205 Å². The SMILES string of the molecule is C=C(C)C(C)(C)CC[C@@H](C)[C@H]1CC[C@@]2(C)[C@@H]3CCC4C(C)(C)[C@@H](O)CC[C@@]45CC35CC[C@]12C. The van der Waals surface area contributed by atoms with Crippen molar-refractivity contribution in [3.63, 3.8) is 0 Å². The van der Waals surface area contributed by atoms with Crippen molar-refractivity contribution in [2.75, 3.05) is 0 Å². The summed E-state index contributed by atoms with van der Waals surface area (Å²) in [4.78, 5) is 0. The molecule has 9 atom stereocenters. The van der Waals surface area contributed by atoms with Crippen LogP contribution in [-0.2, 0) is 0 Å². The van der Waals surface area contributed by atoms with E-state index in [1.807, 2.05) is 0 Å². The quantitative estimate of drug-likeness (QED) is 0.411. The topological polar surface area (TPSA) is 20.2 Å². The molecule has 2 unspecified atom stereocenters.